The minimum atomic E-state index is 0.961. The van der Waals surface area contributed by atoms with Crippen molar-refractivity contribution in [2.75, 3.05) is 19.6 Å². The number of hydrogen-bond donors (Lipinski definition) is 2. The van der Waals surface area contributed by atoms with E-state index in [2.05, 4.69) is 29.5 Å². The highest BCUT2D eigenvalue weighted by atomic mass is 32.1. The van der Waals surface area contributed by atoms with Crippen LogP contribution in [0.25, 0.3) is 0 Å². The lowest BCUT2D eigenvalue weighted by Gasteiger charge is -2.03. The van der Waals surface area contributed by atoms with Crippen molar-refractivity contribution in [2.24, 2.45) is 0 Å². The van der Waals surface area contributed by atoms with Crippen LogP contribution in [0, 0.1) is 6.92 Å². The van der Waals surface area contributed by atoms with Gasteiger partial charge in [-0.3, -0.25) is 0 Å². The van der Waals surface area contributed by atoms with Gasteiger partial charge in [-0.25, -0.2) is 4.98 Å². The van der Waals surface area contributed by atoms with Crippen LogP contribution < -0.4 is 10.6 Å². The summed E-state index contributed by atoms with van der Waals surface area (Å²) in [6.45, 7) is 8.40. The molecule has 0 bridgehead atoms. The third-order valence-corrected chi connectivity index (χ3v) is 3.02. The lowest BCUT2D eigenvalue weighted by atomic mass is 10.3. The van der Waals surface area contributed by atoms with Crippen molar-refractivity contribution >= 4 is 11.3 Å². The zero-order valence-electron chi connectivity index (χ0n) is 8.97. The Kier molecular flexibility index (Phi) is 5.75. The third kappa shape index (κ3) is 4.17. The van der Waals surface area contributed by atoms with Crippen LogP contribution in [0.15, 0.2) is 5.51 Å². The minimum Gasteiger partial charge on any atom is -0.317 e. The van der Waals surface area contributed by atoms with Gasteiger partial charge in [0.05, 0.1) is 11.2 Å². The second-order valence-electron chi connectivity index (χ2n) is 3.24. The number of aryl methyl sites for hydroxylation is 1. The molecule has 1 rings (SSSR count). The first-order chi connectivity index (χ1) is 6.84. The van der Waals surface area contributed by atoms with E-state index in [1.165, 1.54) is 11.3 Å². The van der Waals surface area contributed by atoms with Gasteiger partial charge in [0.25, 0.3) is 0 Å². The first-order valence-corrected chi connectivity index (χ1v) is 6.03. The Balaban J connectivity index is 2.02. The van der Waals surface area contributed by atoms with Crippen LogP contribution in [0.5, 0.6) is 0 Å². The molecule has 4 heteroatoms. The molecule has 0 fully saturated rings. The number of hydrogen-bond acceptors (Lipinski definition) is 4. The highest BCUT2D eigenvalue weighted by molar-refractivity contribution is 7.09. The lowest BCUT2D eigenvalue weighted by Crippen LogP contribution is -2.21. The monoisotopic (exact) mass is 213 g/mol. The predicted molar refractivity (Wildman–Crippen MR) is 61.7 cm³/mol. The minimum absolute atomic E-state index is 0.961. The molecule has 3 nitrogen and oxygen atoms in total. The van der Waals surface area contributed by atoms with Crippen LogP contribution >= 0.6 is 11.3 Å². The Morgan fingerprint density at radius 3 is 2.79 bits per heavy atom. The van der Waals surface area contributed by atoms with Gasteiger partial charge in [-0.05, 0) is 33.0 Å². The van der Waals surface area contributed by atoms with E-state index in [4.69, 9.17) is 0 Å². The van der Waals surface area contributed by atoms with Crippen LogP contribution in [0.1, 0.15) is 23.9 Å². The maximum Gasteiger partial charge on any atom is 0.0798 e. The fraction of sp³-hybridized carbons (Fsp3) is 0.700. The number of thiazole rings is 1. The molecule has 0 atom stereocenters. The fourth-order valence-electron chi connectivity index (χ4n) is 1.21. The highest BCUT2D eigenvalue weighted by Gasteiger charge is 1.99. The van der Waals surface area contributed by atoms with Crippen LogP contribution in [0.3, 0.4) is 0 Å². The van der Waals surface area contributed by atoms with Crippen molar-refractivity contribution in [1.82, 2.24) is 15.6 Å². The van der Waals surface area contributed by atoms with E-state index in [-0.39, 0.29) is 0 Å². The quantitative estimate of drug-likeness (QED) is 0.675. The molecule has 0 unspecified atom stereocenters. The standard InChI is InChI=1S/C10H19N3S/c1-3-11-5-4-6-12-7-10-9(2)13-8-14-10/h8,11-12H,3-7H2,1-2H3. The summed E-state index contributed by atoms with van der Waals surface area (Å²) in [7, 11) is 0. The summed E-state index contributed by atoms with van der Waals surface area (Å²) in [4.78, 5) is 5.57. The van der Waals surface area contributed by atoms with Gasteiger partial charge in [-0.1, -0.05) is 6.92 Å². The topological polar surface area (TPSA) is 37.0 Å². The van der Waals surface area contributed by atoms with Gasteiger partial charge in [0.15, 0.2) is 0 Å². The molecule has 0 spiro atoms. The van der Waals surface area contributed by atoms with Crippen molar-refractivity contribution in [1.29, 1.82) is 0 Å². The summed E-state index contributed by atoms with van der Waals surface area (Å²) in [6, 6.07) is 0. The summed E-state index contributed by atoms with van der Waals surface area (Å²) in [5, 5.41) is 6.72. The SMILES string of the molecule is CCNCCCNCc1scnc1C. The summed E-state index contributed by atoms with van der Waals surface area (Å²) in [6.07, 6.45) is 1.19. The predicted octanol–water partition coefficient (Wildman–Crippen LogP) is 1.54. The van der Waals surface area contributed by atoms with E-state index in [1.807, 2.05) is 5.51 Å². The lowest BCUT2D eigenvalue weighted by molar-refractivity contribution is 0.608. The van der Waals surface area contributed by atoms with Gasteiger partial charge in [0.1, 0.15) is 0 Å². The van der Waals surface area contributed by atoms with Gasteiger partial charge in [-0.15, -0.1) is 11.3 Å². The van der Waals surface area contributed by atoms with E-state index in [9.17, 15) is 0 Å². The van der Waals surface area contributed by atoms with Crippen molar-refractivity contribution in [3.05, 3.63) is 16.1 Å². The third-order valence-electron chi connectivity index (χ3n) is 2.09. The Bertz CT molecular complexity index is 247. The van der Waals surface area contributed by atoms with Gasteiger partial charge in [0, 0.05) is 11.4 Å². The van der Waals surface area contributed by atoms with Crippen LogP contribution in [0.2, 0.25) is 0 Å². The smallest absolute Gasteiger partial charge is 0.0798 e. The van der Waals surface area contributed by atoms with E-state index in [0.29, 0.717) is 0 Å². The Morgan fingerprint density at radius 2 is 2.14 bits per heavy atom. The van der Waals surface area contributed by atoms with Gasteiger partial charge < -0.3 is 10.6 Å². The average Bonchev–Trinajstić information content (AvgIpc) is 2.58. The Labute approximate surface area is 89.9 Å². The Morgan fingerprint density at radius 1 is 1.36 bits per heavy atom. The zero-order valence-corrected chi connectivity index (χ0v) is 9.78. The first-order valence-electron chi connectivity index (χ1n) is 5.15. The van der Waals surface area contributed by atoms with E-state index in [0.717, 1.165) is 31.9 Å². The molecule has 0 aliphatic rings. The summed E-state index contributed by atoms with van der Waals surface area (Å²) in [5.74, 6) is 0. The number of nitrogens with one attached hydrogen (secondary N) is 2. The molecule has 0 saturated carbocycles. The molecule has 0 aliphatic carbocycles. The molecule has 1 aromatic rings. The second-order valence-corrected chi connectivity index (χ2v) is 4.18. The molecule has 0 aromatic carbocycles. The van der Waals surface area contributed by atoms with Gasteiger partial charge in [0.2, 0.25) is 0 Å². The molecule has 14 heavy (non-hydrogen) atoms. The molecule has 0 aliphatic heterocycles. The van der Waals surface area contributed by atoms with Crippen LogP contribution in [0.4, 0.5) is 0 Å². The number of nitrogens with zero attached hydrogens (tertiary/aromatic N) is 1. The molecule has 1 heterocycles. The molecule has 0 saturated heterocycles. The van der Waals surface area contributed by atoms with Crippen molar-refractivity contribution in [2.45, 2.75) is 26.8 Å². The average molecular weight is 213 g/mol. The molecule has 0 amide bonds. The first kappa shape index (κ1) is 11.6. The summed E-state index contributed by atoms with van der Waals surface area (Å²) in [5.41, 5.74) is 3.07. The number of rotatable bonds is 7. The maximum absolute atomic E-state index is 4.21. The highest BCUT2D eigenvalue weighted by Crippen LogP contribution is 2.10. The fourth-order valence-corrected chi connectivity index (χ4v) is 1.96. The van der Waals surface area contributed by atoms with E-state index < -0.39 is 0 Å². The second kappa shape index (κ2) is 6.92. The van der Waals surface area contributed by atoms with Gasteiger partial charge in [-0.2, -0.15) is 0 Å². The zero-order chi connectivity index (χ0) is 10.2. The normalized spacial score (nSPS) is 10.7. The molecule has 80 valence electrons. The molecule has 2 N–H and O–H groups in total. The maximum atomic E-state index is 4.21. The van der Waals surface area contributed by atoms with Crippen LogP contribution in [-0.2, 0) is 6.54 Å². The van der Waals surface area contributed by atoms with Crippen molar-refractivity contribution < 1.29 is 0 Å². The largest absolute Gasteiger partial charge is 0.317 e. The van der Waals surface area contributed by atoms with Crippen molar-refractivity contribution in [3.63, 3.8) is 0 Å². The Hall–Kier alpha value is -0.450. The summed E-state index contributed by atoms with van der Waals surface area (Å²) >= 11 is 1.73. The molecule has 0 radical (unpaired) electrons. The van der Waals surface area contributed by atoms with E-state index >= 15 is 0 Å². The molecular formula is C10H19N3S. The molecular weight excluding hydrogens is 194 g/mol. The van der Waals surface area contributed by atoms with Crippen LogP contribution in [-0.4, -0.2) is 24.6 Å². The summed E-state index contributed by atoms with van der Waals surface area (Å²) < 4.78 is 0. The number of aromatic nitrogens is 1. The van der Waals surface area contributed by atoms with Gasteiger partial charge >= 0.3 is 0 Å². The molecule has 1 aromatic heterocycles. The van der Waals surface area contributed by atoms with E-state index in [1.54, 1.807) is 11.3 Å². The van der Waals surface area contributed by atoms with Crippen molar-refractivity contribution in [3.8, 4) is 0 Å².